The number of anilines is 1. The molecule has 3 N–H and O–H groups in total. The minimum Gasteiger partial charge on any atom is -0.439 e. The number of benzene rings is 2. The van der Waals surface area contributed by atoms with Crippen LogP contribution in [0.25, 0.3) is 0 Å². The maximum absolute atomic E-state index is 13.4. The van der Waals surface area contributed by atoms with Gasteiger partial charge in [-0.15, -0.1) is 0 Å². The van der Waals surface area contributed by atoms with Crippen LogP contribution in [-0.2, 0) is 26.0 Å². The highest BCUT2D eigenvalue weighted by atomic mass is 32.2. The molecule has 11 heteroatoms. The number of pyridine rings is 1. The fourth-order valence-corrected chi connectivity index (χ4v) is 5.30. The molecule has 34 heavy (non-hydrogen) atoms. The molecule has 176 valence electrons. The average Bonchev–Trinajstić information content (AvgIpc) is 2.84. The molecule has 1 aliphatic heterocycles. The Morgan fingerprint density at radius 2 is 1.82 bits per heavy atom. The zero-order chi connectivity index (χ0) is 24.3. The normalized spacial score (nSPS) is 15.8. The molecule has 10 nitrogen and oxygen atoms in total. The number of carbonyl (C=O) groups is 2. The molecule has 1 atom stereocenters. The summed E-state index contributed by atoms with van der Waals surface area (Å²) in [4.78, 5) is 27.5. The van der Waals surface area contributed by atoms with Crippen LogP contribution in [0.3, 0.4) is 0 Å². The molecule has 0 saturated carbocycles. The minimum atomic E-state index is -4.11. The van der Waals surface area contributed by atoms with Crippen LogP contribution in [0, 0.1) is 0 Å². The van der Waals surface area contributed by atoms with Gasteiger partial charge in [-0.25, -0.2) is 18.9 Å². The van der Waals surface area contributed by atoms with E-state index in [4.69, 9.17) is 4.74 Å². The predicted octanol–water partition coefficient (Wildman–Crippen LogP) is 2.63. The highest BCUT2D eigenvalue weighted by molar-refractivity contribution is 7.89. The molecule has 0 bridgehead atoms. The van der Waals surface area contributed by atoms with Gasteiger partial charge in [0, 0.05) is 25.2 Å². The van der Waals surface area contributed by atoms with E-state index >= 15 is 0 Å². The number of carbonyl (C=O) groups excluding carboxylic acids is 2. The maximum Gasteiger partial charge on any atom is 0.266 e. The number of sulfonamides is 1. The summed E-state index contributed by atoms with van der Waals surface area (Å²) < 4.78 is 33.4. The molecule has 0 saturated heterocycles. The van der Waals surface area contributed by atoms with Crippen molar-refractivity contribution in [3.8, 4) is 11.6 Å². The molecule has 2 heterocycles. The van der Waals surface area contributed by atoms with Gasteiger partial charge in [0.05, 0.1) is 6.20 Å². The smallest absolute Gasteiger partial charge is 0.266 e. The van der Waals surface area contributed by atoms with Crippen molar-refractivity contribution >= 4 is 27.5 Å². The van der Waals surface area contributed by atoms with Crippen molar-refractivity contribution in [3.05, 3.63) is 78.0 Å². The number of nitrogens with one attached hydrogen (secondary N) is 2. The molecule has 1 aromatic heterocycles. The van der Waals surface area contributed by atoms with Crippen LogP contribution in [0.15, 0.2) is 71.8 Å². The summed E-state index contributed by atoms with van der Waals surface area (Å²) >= 11 is 0. The van der Waals surface area contributed by atoms with E-state index in [1.54, 1.807) is 41.9 Å². The minimum absolute atomic E-state index is 0.0658. The lowest BCUT2D eigenvalue weighted by Crippen LogP contribution is -2.46. The molecular formula is C23H22N4O6S. The van der Waals surface area contributed by atoms with Crippen molar-refractivity contribution in [2.45, 2.75) is 24.3 Å². The number of hydroxylamine groups is 1. The SMILES string of the molecule is CC(=O)Nc1ccc(Oc2ccc(S(=O)(=O)N3CCc4ccccc4C3C(=O)NO)cn2)cc1. The number of amides is 2. The van der Waals surface area contributed by atoms with E-state index in [9.17, 15) is 23.2 Å². The average molecular weight is 483 g/mol. The summed E-state index contributed by atoms with van der Waals surface area (Å²) in [6.45, 7) is 1.47. The summed E-state index contributed by atoms with van der Waals surface area (Å²) in [7, 11) is -4.11. The Kier molecular flexibility index (Phi) is 6.59. The summed E-state index contributed by atoms with van der Waals surface area (Å²) in [6, 6.07) is 15.2. The number of rotatable bonds is 6. The van der Waals surface area contributed by atoms with E-state index in [0.29, 0.717) is 23.4 Å². The monoisotopic (exact) mass is 482 g/mol. The molecule has 2 amide bonds. The van der Waals surface area contributed by atoms with Gasteiger partial charge in [0.2, 0.25) is 21.8 Å². The molecular weight excluding hydrogens is 460 g/mol. The Balaban J connectivity index is 1.56. The van der Waals surface area contributed by atoms with Gasteiger partial charge in [-0.05, 0) is 47.9 Å². The fraction of sp³-hybridized carbons (Fsp3) is 0.174. The lowest BCUT2D eigenvalue weighted by Gasteiger charge is -2.34. The second-order valence-corrected chi connectivity index (χ2v) is 9.47. The van der Waals surface area contributed by atoms with E-state index < -0.39 is 22.0 Å². The molecule has 0 aliphatic carbocycles. The summed E-state index contributed by atoms with van der Waals surface area (Å²) in [5.41, 5.74) is 3.54. The van der Waals surface area contributed by atoms with Crippen molar-refractivity contribution in [2.24, 2.45) is 0 Å². The topological polar surface area (TPSA) is 138 Å². The van der Waals surface area contributed by atoms with Crippen LogP contribution in [-0.4, -0.2) is 41.3 Å². The first kappa shape index (κ1) is 23.4. The van der Waals surface area contributed by atoms with Crippen LogP contribution in [0.5, 0.6) is 11.6 Å². The predicted molar refractivity (Wildman–Crippen MR) is 122 cm³/mol. The Morgan fingerprint density at radius 1 is 1.09 bits per heavy atom. The van der Waals surface area contributed by atoms with Crippen LogP contribution in [0.4, 0.5) is 5.69 Å². The number of aromatic nitrogens is 1. The highest BCUT2D eigenvalue weighted by Gasteiger charge is 2.40. The molecule has 4 rings (SSSR count). The second-order valence-electron chi connectivity index (χ2n) is 7.58. The number of ether oxygens (including phenoxy) is 1. The number of hydrogen-bond acceptors (Lipinski definition) is 7. The van der Waals surface area contributed by atoms with Crippen molar-refractivity contribution in [1.29, 1.82) is 0 Å². The summed E-state index contributed by atoms with van der Waals surface area (Å²) in [6.07, 6.45) is 1.58. The van der Waals surface area contributed by atoms with E-state index in [1.807, 2.05) is 12.1 Å². The highest BCUT2D eigenvalue weighted by Crippen LogP contribution is 2.34. The van der Waals surface area contributed by atoms with Gasteiger partial charge in [-0.3, -0.25) is 14.8 Å². The molecule has 1 unspecified atom stereocenters. The Bertz CT molecular complexity index is 1310. The lowest BCUT2D eigenvalue weighted by molar-refractivity contribution is -0.133. The van der Waals surface area contributed by atoms with E-state index in [0.717, 1.165) is 16.1 Å². The molecule has 2 aromatic carbocycles. The molecule has 0 radical (unpaired) electrons. The number of hydrogen-bond donors (Lipinski definition) is 3. The zero-order valence-corrected chi connectivity index (χ0v) is 19.0. The molecule has 0 fully saturated rings. The maximum atomic E-state index is 13.4. The molecule has 1 aliphatic rings. The van der Waals surface area contributed by atoms with Gasteiger partial charge in [0.25, 0.3) is 5.91 Å². The first-order valence-corrected chi connectivity index (χ1v) is 11.8. The number of nitrogens with zero attached hydrogens (tertiary/aromatic N) is 2. The number of fused-ring (bicyclic) bond motifs is 1. The van der Waals surface area contributed by atoms with E-state index in [-0.39, 0.29) is 23.2 Å². The zero-order valence-electron chi connectivity index (χ0n) is 18.1. The third kappa shape index (κ3) is 4.76. The Morgan fingerprint density at radius 3 is 2.47 bits per heavy atom. The van der Waals surface area contributed by atoms with E-state index in [1.165, 1.54) is 19.1 Å². The molecule has 3 aromatic rings. The van der Waals surface area contributed by atoms with Crippen LogP contribution in [0.2, 0.25) is 0 Å². The quantitative estimate of drug-likeness (QED) is 0.363. The largest absolute Gasteiger partial charge is 0.439 e. The van der Waals surface area contributed by atoms with Crippen molar-refractivity contribution < 1.29 is 28.0 Å². The van der Waals surface area contributed by atoms with E-state index in [2.05, 4.69) is 10.3 Å². The Hall–Kier alpha value is -3.80. The van der Waals surface area contributed by atoms with Gasteiger partial charge in [-0.2, -0.15) is 4.31 Å². The third-order valence-corrected chi connectivity index (χ3v) is 7.16. The third-order valence-electron chi connectivity index (χ3n) is 5.31. The van der Waals surface area contributed by atoms with Gasteiger partial charge in [0.1, 0.15) is 16.7 Å². The lowest BCUT2D eigenvalue weighted by atomic mass is 9.94. The fourth-order valence-electron chi connectivity index (χ4n) is 3.78. The molecule has 0 spiro atoms. The van der Waals surface area contributed by atoms with Gasteiger partial charge in [-0.1, -0.05) is 24.3 Å². The van der Waals surface area contributed by atoms with Crippen molar-refractivity contribution in [3.63, 3.8) is 0 Å². The first-order valence-electron chi connectivity index (χ1n) is 10.3. The standard InChI is InChI=1S/C23H22N4O6S/c1-15(28)25-17-6-8-18(9-7-17)33-21-11-10-19(14-24-21)34(31,32)27-13-12-16-4-2-3-5-20(16)22(27)23(29)26-30/h2-11,14,22,30H,12-13H2,1H3,(H,25,28)(H,26,29). The Labute approximate surface area is 196 Å². The summed E-state index contributed by atoms with van der Waals surface area (Å²) in [5, 5.41) is 11.9. The van der Waals surface area contributed by atoms with Gasteiger partial charge >= 0.3 is 0 Å². The first-order chi connectivity index (χ1) is 16.3. The second kappa shape index (κ2) is 9.59. The van der Waals surface area contributed by atoms with Crippen LogP contribution >= 0.6 is 0 Å². The summed E-state index contributed by atoms with van der Waals surface area (Å²) in [5.74, 6) is -0.418. The van der Waals surface area contributed by atoms with Crippen LogP contribution < -0.4 is 15.5 Å². The van der Waals surface area contributed by atoms with Crippen LogP contribution in [0.1, 0.15) is 24.1 Å². The van der Waals surface area contributed by atoms with Crippen molar-refractivity contribution in [1.82, 2.24) is 14.8 Å². The van der Waals surface area contributed by atoms with Crippen molar-refractivity contribution in [2.75, 3.05) is 11.9 Å². The van der Waals surface area contributed by atoms with Gasteiger partial charge < -0.3 is 10.1 Å². The van der Waals surface area contributed by atoms with Gasteiger partial charge in [0.15, 0.2) is 0 Å².